The Morgan fingerprint density at radius 3 is 2.47 bits per heavy atom. The summed E-state index contributed by atoms with van der Waals surface area (Å²) in [6.07, 6.45) is 0. The Kier molecular flexibility index (Phi) is 3.49. The van der Waals surface area contributed by atoms with Crippen molar-refractivity contribution in [1.82, 2.24) is 5.32 Å². The van der Waals surface area contributed by atoms with Gasteiger partial charge in [0.2, 0.25) is 5.91 Å². The highest BCUT2D eigenvalue weighted by Crippen LogP contribution is 2.08. The number of amides is 1. The Morgan fingerprint density at radius 2 is 1.93 bits per heavy atom. The molecule has 0 aromatic heterocycles. The second-order valence-electron chi connectivity index (χ2n) is 2.96. The van der Waals surface area contributed by atoms with E-state index in [1.165, 1.54) is 13.0 Å². The maximum Gasteiger partial charge on any atom is 0.217 e. The lowest BCUT2D eigenvalue weighted by Gasteiger charge is -2.02. The van der Waals surface area contributed by atoms with Crippen LogP contribution in [0.5, 0.6) is 0 Å². The molecule has 0 saturated carbocycles. The average molecular weight is 213 g/mol. The van der Waals surface area contributed by atoms with Crippen LogP contribution in [0.4, 0.5) is 8.78 Å². The number of Topliss-reactive ketones (excluding diaryl/α,β-unsaturated/α-hetero) is 1. The zero-order chi connectivity index (χ0) is 11.4. The van der Waals surface area contributed by atoms with E-state index in [-0.39, 0.29) is 18.0 Å². The molecule has 1 rings (SSSR count). The van der Waals surface area contributed by atoms with Crippen molar-refractivity contribution < 1.29 is 18.4 Å². The first-order valence-corrected chi connectivity index (χ1v) is 4.23. The molecule has 0 aliphatic heterocycles. The Balaban J connectivity index is 2.74. The van der Waals surface area contributed by atoms with E-state index in [9.17, 15) is 18.4 Å². The molecule has 0 fully saturated rings. The van der Waals surface area contributed by atoms with Gasteiger partial charge in [-0.2, -0.15) is 0 Å². The third-order valence-corrected chi connectivity index (χ3v) is 1.74. The standard InChI is InChI=1S/C10H9F2NO2/c1-6(14)13-5-10(15)7-2-3-8(11)9(12)4-7/h2-4H,5H2,1H3,(H,13,14). The van der Waals surface area contributed by atoms with Crippen LogP contribution in [0.1, 0.15) is 17.3 Å². The first kappa shape index (κ1) is 11.3. The Bertz CT molecular complexity index is 404. The Morgan fingerprint density at radius 1 is 1.27 bits per heavy atom. The van der Waals surface area contributed by atoms with Gasteiger partial charge in [-0.15, -0.1) is 0 Å². The van der Waals surface area contributed by atoms with Crippen LogP contribution in [0.15, 0.2) is 18.2 Å². The molecule has 0 aliphatic rings. The number of hydrogen-bond acceptors (Lipinski definition) is 2. The number of nitrogens with one attached hydrogen (secondary N) is 1. The highest BCUT2D eigenvalue weighted by atomic mass is 19.2. The summed E-state index contributed by atoms with van der Waals surface area (Å²) in [4.78, 5) is 21.8. The Hall–Kier alpha value is -1.78. The van der Waals surface area contributed by atoms with Crippen molar-refractivity contribution in [2.45, 2.75) is 6.92 Å². The highest BCUT2D eigenvalue weighted by Gasteiger charge is 2.09. The maximum absolute atomic E-state index is 12.7. The van der Waals surface area contributed by atoms with Gasteiger partial charge in [0.25, 0.3) is 0 Å². The fraction of sp³-hybridized carbons (Fsp3) is 0.200. The van der Waals surface area contributed by atoms with Crippen molar-refractivity contribution in [2.75, 3.05) is 6.54 Å². The van der Waals surface area contributed by atoms with Crippen molar-refractivity contribution in [2.24, 2.45) is 0 Å². The molecule has 3 nitrogen and oxygen atoms in total. The number of rotatable bonds is 3. The molecule has 1 N–H and O–H groups in total. The van der Waals surface area contributed by atoms with Crippen LogP contribution in [0.2, 0.25) is 0 Å². The average Bonchev–Trinajstić information content (AvgIpc) is 2.18. The maximum atomic E-state index is 12.7. The predicted molar refractivity (Wildman–Crippen MR) is 49.4 cm³/mol. The summed E-state index contributed by atoms with van der Waals surface area (Å²) in [5.74, 6) is -2.91. The second kappa shape index (κ2) is 4.63. The minimum Gasteiger partial charge on any atom is -0.349 e. The molecule has 0 aliphatic carbocycles. The van der Waals surface area contributed by atoms with Crippen molar-refractivity contribution in [3.63, 3.8) is 0 Å². The third-order valence-electron chi connectivity index (χ3n) is 1.74. The lowest BCUT2D eigenvalue weighted by atomic mass is 10.1. The molecule has 1 aromatic rings. The molecule has 15 heavy (non-hydrogen) atoms. The quantitative estimate of drug-likeness (QED) is 0.769. The smallest absolute Gasteiger partial charge is 0.217 e. The van der Waals surface area contributed by atoms with E-state index >= 15 is 0 Å². The normalized spacial score (nSPS) is 9.80. The molecule has 0 atom stereocenters. The van der Waals surface area contributed by atoms with Gasteiger partial charge in [-0.3, -0.25) is 9.59 Å². The van der Waals surface area contributed by atoms with Crippen LogP contribution in [-0.2, 0) is 4.79 Å². The van der Waals surface area contributed by atoms with Crippen LogP contribution in [0.25, 0.3) is 0 Å². The van der Waals surface area contributed by atoms with Crippen molar-refractivity contribution in [1.29, 1.82) is 0 Å². The lowest BCUT2D eigenvalue weighted by molar-refractivity contribution is -0.118. The minimum absolute atomic E-state index is 0.0302. The number of halogens is 2. The van der Waals surface area contributed by atoms with Crippen LogP contribution in [0, 0.1) is 11.6 Å². The van der Waals surface area contributed by atoms with E-state index in [1.807, 2.05) is 0 Å². The summed E-state index contributed by atoms with van der Waals surface area (Å²) in [6, 6.07) is 2.85. The van der Waals surface area contributed by atoms with E-state index < -0.39 is 17.4 Å². The number of ketones is 1. The summed E-state index contributed by atoms with van der Waals surface area (Å²) in [7, 11) is 0. The molecule has 0 heterocycles. The summed E-state index contributed by atoms with van der Waals surface area (Å²) in [6.45, 7) is 1.04. The van der Waals surface area contributed by atoms with E-state index in [0.717, 1.165) is 12.1 Å². The van der Waals surface area contributed by atoms with E-state index in [0.29, 0.717) is 0 Å². The molecule has 80 valence electrons. The number of benzene rings is 1. The van der Waals surface area contributed by atoms with Gasteiger partial charge in [-0.1, -0.05) is 0 Å². The molecule has 5 heteroatoms. The number of carbonyl (C=O) groups excluding carboxylic acids is 2. The summed E-state index contributed by atoms with van der Waals surface area (Å²) in [5.41, 5.74) is 0.0302. The number of hydrogen-bond donors (Lipinski definition) is 1. The monoisotopic (exact) mass is 213 g/mol. The first-order valence-electron chi connectivity index (χ1n) is 4.23. The van der Waals surface area contributed by atoms with Crippen molar-refractivity contribution >= 4 is 11.7 Å². The van der Waals surface area contributed by atoms with Gasteiger partial charge in [0.1, 0.15) is 0 Å². The van der Waals surface area contributed by atoms with Gasteiger partial charge in [0.15, 0.2) is 17.4 Å². The zero-order valence-electron chi connectivity index (χ0n) is 8.01. The molecule has 0 unspecified atom stereocenters. The molecule has 0 saturated heterocycles. The third kappa shape index (κ3) is 3.12. The van der Waals surface area contributed by atoms with Gasteiger partial charge in [0, 0.05) is 12.5 Å². The van der Waals surface area contributed by atoms with Gasteiger partial charge in [-0.25, -0.2) is 8.78 Å². The van der Waals surface area contributed by atoms with Crippen LogP contribution >= 0.6 is 0 Å². The fourth-order valence-electron chi connectivity index (χ4n) is 0.976. The number of carbonyl (C=O) groups is 2. The predicted octanol–water partition coefficient (Wildman–Crippen LogP) is 1.28. The fourth-order valence-corrected chi connectivity index (χ4v) is 0.976. The largest absolute Gasteiger partial charge is 0.349 e. The van der Waals surface area contributed by atoms with Gasteiger partial charge >= 0.3 is 0 Å². The molecule has 0 radical (unpaired) electrons. The molecular weight excluding hydrogens is 204 g/mol. The van der Waals surface area contributed by atoms with Crippen LogP contribution < -0.4 is 5.32 Å². The van der Waals surface area contributed by atoms with E-state index in [1.54, 1.807) is 0 Å². The second-order valence-corrected chi connectivity index (χ2v) is 2.96. The van der Waals surface area contributed by atoms with E-state index in [4.69, 9.17) is 0 Å². The molecule has 0 spiro atoms. The van der Waals surface area contributed by atoms with Crippen LogP contribution in [-0.4, -0.2) is 18.2 Å². The van der Waals surface area contributed by atoms with Gasteiger partial charge < -0.3 is 5.32 Å². The highest BCUT2D eigenvalue weighted by molar-refractivity contribution is 5.99. The van der Waals surface area contributed by atoms with Crippen molar-refractivity contribution in [3.05, 3.63) is 35.4 Å². The Labute approximate surface area is 85.1 Å². The summed E-state index contributed by atoms with van der Waals surface area (Å²) < 4.78 is 25.2. The molecule has 1 amide bonds. The molecular formula is C10H9F2NO2. The van der Waals surface area contributed by atoms with Gasteiger partial charge in [0.05, 0.1) is 6.54 Å². The molecule has 1 aromatic carbocycles. The first-order chi connectivity index (χ1) is 7.00. The zero-order valence-corrected chi connectivity index (χ0v) is 8.01. The summed E-state index contributed by atoms with van der Waals surface area (Å²) in [5, 5.41) is 2.27. The van der Waals surface area contributed by atoms with Gasteiger partial charge in [-0.05, 0) is 18.2 Å². The molecule has 0 bridgehead atoms. The topological polar surface area (TPSA) is 46.2 Å². The summed E-state index contributed by atoms with van der Waals surface area (Å²) >= 11 is 0. The van der Waals surface area contributed by atoms with Crippen LogP contribution in [0.3, 0.4) is 0 Å². The van der Waals surface area contributed by atoms with Crippen molar-refractivity contribution in [3.8, 4) is 0 Å². The SMILES string of the molecule is CC(=O)NCC(=O)c1ccc(F)c(F)c1. The minimum atomic E-state index is -1.08. The van der Waals surface area contributed by atoms with E-state index in [2.05, 4.69) is 5.32 Å². The lowest BCUT2D eigenvalue weighted by Crippen LogP contribution is -2.27.